The molecular weight excluding hydrogens is 228 g/mol. The molecule has 0 radical (unpaired) electrons. The molecule has 1 saturated heterocycles. The smallest absolute Gasteiger partial charge is 0.231 e. The van der Waals surface area contributed by atoms with E-state index in [9.17, 15) is 9.90 Å². The van der Waals surface area contributed by atoms with Crippen molar-refractivity contribution in [1.82, 2.24) is 4.90 Å². The van der Waals surface area contributed by atoms with E-state index in [2.05, 4.69) is 0 Å². The molecule has 0 atom stereocenters. The monoisotopic (exact) mass is 248 g/mol. The Bertz CT molecular complexity index is 420. The zero-order valence-corrected chi connectivity index (χ0v) is 10.7. The molecule has 1 aromatic rings. The van der Waals surface area contributed by atoms with Gasteiger partial charge in [-0.25, -0.2) is 0 Å². The number of hydrogen-bond donors (Lipinski definition) is 2. The lowest BCUT2D eigenvalue weighted by Crippen LogP contribution is -2.45. The number of piperidine rings is 1. The van der Waals surface area contributed by atoms with Gasteiger partial charge in [0, 0.05) is 13.1 Å². The Morgan fingerprint density at radius 3 is 2.39 bits per heavy atom. The van der Waals surface area contributed by atoms with Crippen molar-refractivity contribution in [2.45, 2.75) is 25.4 Å². The first-order chi connectivity index (χ1) is 8.49. The average molecular weight is 248 g/mol. The molecule has 1 aliphatic rings. The lowest BCUT2D eigenvalue weighted by molar-refractivity contribution is -0.120. The molecule has 0 unspecified atom stereocenters. The van der Waals surface area contributed by atoms with Gasteiger partial charge in [-0.1, -0.05) is 29.8 Å². The topological polar surface area (TPSA) is 66.6 Å². The molecule has 3 N–H and O–H groups in total. The summed E-state index contributed by atoms with van der Waals surface area (Å²) < 4.78 is 0. The van der Waals surface area contributed by atoms with Gasteiger partial charge in [0.15, 0.2) is 0 Å². The first-order valence-electron chi connectivity index (χ1n) is 6.30. The number of carbonyl (C=O) groups is 1. The first-order valence-corrected chi connectivity index (χ1v) is 6.30. The molecule has 4 heteroatoms. The van der Waals surface area contributed by atoms with E-state index in [4.69, 9.17) is 5.73 Å². The van der Waals surface area contributed by atoms with Gasteiger partial charge >= 0.3 is 0 Å². The highest BCUT2D eigenvalue weighted by molar-refractivity contribution is 5.75. The number of carbonyl (C=O) groups excluding carboxylic acids is 1. The van der Waals surface area contributed by atoms with Crippen LogP contribution in [0.25, 0.3) is 0 Å². The maximum atomic E-state index is 10.9. The second kappa shape index (κ2) is 5.08. The molecule has 4 nitrogen and oxygen atoms in total. The second-order valence-corrected chi connectivity index (χ2v) is 5.14. The number of primary amides is 1. The summed E-state index contributed by atoms with van der Waals surface area (Å²) in [5.74, 6) is -0.309. The number of rotatable bonds is 3. The average Bonchev–Trinajstić information content (AvgIpc) is 2.32. The lowest BCUT2D eigenvalue weighted by Gasteiger charge is -2.38. The van der Waals surface area contributed by atoms with Gasteiger partial charge in [-0.15, -0.1) is 0 Å². The van der Waals surface area contributed by atoms with Crippen molar-refractivity contribution in [3.8, 4) is 0 Å². The molecule has 1 amide bonds. The maximum Gasteiger partial charge on any atom is 0.231 e. The number of amides is 1. The Morgan fingerprint density at radius 1 is 1.33 bits per heavy atom. The fourth-order valence-corrected chi connectivity index (χ4v) is 2.45. The summed E-state index contributed by atoms with van der Waals surface area (Å²) in [5.41, 5.74) is 6.57. The third-order valence-electron chi connectivity index (χ3n) is 3.65. The normalized spacial score (nSPS) is 19.7. The van der Waals surface area contributed by atoms with Gasteiger partial charge in [-0.3, -0.25) is 9.69 Å². The molecule has 98 valence electrons. The number of nitrogens with two attached hydrogens (primary N) is 1. The van der Waals surface area contributed by atoms with Crippen LogP contribution in [0, 0.1) is 6.92 Å². The van der Waals surface area contributed by atoms with Crippen LogP contribution < -0.4 is 5.73 Å². The molecule has 1 aromatic carbocycles. The molecule has 0 spiro atoms. The van der Waals surface area contributed by atoms with E-state index in [1.807, 2.05) is 36.1 Å². The van der Waals surface area contributed by atoms with E-state index in [1.54, 1.807) is 0 Å². The van der Waals surface area contributed by atoms with E-state index < -0.39 is 5.60 Å². The fraction of sp³-hybridized carbons (Fsp3) is 0.500. The van der Waals surface area contributed by atoms with Crippen molar-refractivity contribution < 1.29 is 9.90 Å². The zero-order valence-electron chi connectivity index (χ0n) is 10.7. The quantitative estimate of drug-likeness (QED) is 0.830. The van der Waals surface area contributed by atoms with Gasteiger partial charge in [0.2, 0.25) is 5.91 Å². The minimum atomic E-state index is -0.762. The van der Waals surface area contributed by atoms with Gasteiger partial charge in [0.1, 0.15) is 0 Å². The molecule has 0 aliphatic carbocycles. The Kier molecular flexibility index (Phi) is 3.68. The van der Waals surface area contributed by atoms with Crippen molar-refractivity contribution in [2.75, 3.05) is 19.6 Å². The summed E-state index contributed by atoms with van der Waals surface area (Å²) in [6.07, 6.45) is 1.28. The predicted octanol–water partition coefficient (Wildman–Crippen LogP) is 0.764. The summed E-state index contributed by atoms with van der Waals surface area (Å²) in [5, 5.41) is 10.6. The predicted molar refractivity (Wildman–Crippen MR) is 69.9 cm³/mol. The van der Waals surface area contributed by atoms with Crippen LogP contribution in [0.5, 0.6) is 0 Å². The van der Waals surface area contributed by atoms with Crippen molar-refractivity contribution in [1.29, 1.82) is 0 Å². The molecule has 1 fully saturated rings. The van der Waals surface area contributed by atoms with Gasteiger partial charge in [0.25, 0.3) is 0 Å². The fourth-order valence-electron chi connectivity index (χ4n) is 2.45. The highest BCUT2D eigenvalue weighted by Crippen LogP contribution is 2.32. The Labute approximate surface area is 107 Å². The first kappa shape index (κ1) is 13.1. The van der Waals surface area contributed by atoms with E-state index in [1.165, 1.54) is 5.56 Å². The van der Waals surface area contributed by atoms with Crippen molar-refractivity contribution in [3.05, 3.63) is 35.4 Å². The zero-order chi connectivity index (χ0) is 13.2. The molecular formula is C14H20N2O2. The number of aryl methyl sites for hydroxylation is 1. The summed E-state index contributed by atoms with van der Waals surface area (Å²) in [6.45, 7) is 3.72. The van der Waals surface area contributed by atoms with Gasteiger partial charge in [0.05, 0.1) is 12.1 Å². The van der Waals surface area contributed by atoms with Crippen LogP contribution in [0.1, 0.15) is 24.0 Å². The highest BCUT2D eigenvalue weighted by Gasteiger charge is 2.33. The van der Waals surface area contributed by atoms with Crippen LogP contribution in [-0.2, 0) is 10.4 Å². The number of hydrogen-bond acceptors (Lipinski definition) is 3. The molecule has 0 bridgehead atoms. The van der Waals surface area contributed by atoms with Crippen LogP contribution in [0.4, 0.5) is 0 Å². The van der Waals surface area contributed by atoms with Gasteiger partial charge < -0.3 is 10.8 Å². The number of aliphatic hydroxyl groups is 1. The SMILES string of the molecule is Cc1ccc(C2(O)CCN(CC(N)=O)CC2)cc1. The van der Waals surface area contributed by atoms with Crippen LogP contribution in [-0.4, -0.2) is 35.5 Å². The molecule has 18 heavy (non-hydrogen) atoms. The summed E-state index contributed by atoms with van der Waals surface area (Å²) >= 11 is 0. The highest BCUT2D eigenvalue weighted by atomic mass is 16.3. The van der Waals surface area contributed by atoms with E-state index in [0.717, 1.165) is 5.56 Å². The molecule has 0 aromatic heterocycles. The number of nitrogens with zero attached hydrogens (tertiary/aromatic N) is 1. The Hall–Kier alpha value is -1.39. The minimum Gasteiger partial charge on any atom is -0.385 e. The van der Waals surface area contributed by atoms with E-state index in [-0.39, 0.29) is 12.5 Å². The molecule has 1 heterocycles. The summed E-state index contributed by atoms with van der Waals surface area (Å²) in [6, 6.07) is 8.00. The van der Waals surface area contributed by atoms with E-state index >= 15 is 0 Å². The van der Waals surface area contributed by atoms with Crippen LogP contribution in [0.2, 0.25) is 0 Å². The maximum absolute atomic E-state index is 10.9. The minimum absolute atomic E-state index is 0.282. The van der Waals surface area contributed by atoms with Gasteiger partial charge in [-0.2, -0.15) is 0 Å². The van der Waals surface area contributed by atoms with E-state index in [0.29, 0.717) is 25.9 Å². The summed E-state index contributed by atoms with van der Waals surface area (Å²) in [4.78, 5) is 12.8. The van der Waals surface area contributed by atoms with Crippen LogP contribution >= 0.6 is 0 Å². The van der Waals surface area contributed by atoms with Gasteiger partial charge in [-0.05, 0) is 25.3 Å². The largest absolute Gasteiger partial charge is 0.385 e. The Balaban J connectivity index is 2.02. The van der Waals surface area contributed by atoms with Crippen LogP contribution in [0.3, 0.4) is 0 Å². The molecule has 0 saturated carbocycles. The number of benzene rings is 1. The lowest BCUT2D eigenvalue weighted by atomic mass is 9.84. The molecule has 1 aliphatic heterocycles. The third kappa shape index (κ3) is 2.89. The summed E-state index contributed by atoms with van der Waals surface area (Å²) in [7, 11) is 0. The number of likely N-dealkylation sites (tertiary alicyclic amines) is 1. The third-order valence-corrected chi connectivity index (χ3v) is 3.65. The van der Waals surface area contributed by atoms with Crippen LogP contribution in [0.15, 0.2) is 24.3 Å². The standard InChI is InChI=1S/C14H20N2O2/c1-11-2-4-12(5-3-11)14(18)6-8-16(9-7-14)10-13(15)17/h2-5,18H,6-10H2,1H3,(H2,15,17). The van der Waals surface area contributed by atoms with Crippen molar-refractivity contribution >= 4 is 5.91 Å². The molecule has 2 rings (SSSR count). The van der Waals surface area contributed by atoms with Crippen molar-refractivity contribution in [3.63, 3.8) is 0 Å². The Morgan fingerprint density at radius 2 is 1.89 bits per heavy atom. The second-order valence-electron chi connectivity index (χ2n) is 5.14. The van der Waals surface area contributed by atoms with Crippen molar-refractivity contribution in [2.24, 2.45) is 5.73 Å².